The number of aromatic nitrogens is 5. The zero-order chi connectivity index (χ0) is 21.4. The van der Waals surface area contributed by atoms with E-state index in [-0.39, 0.29) is 18.4 Å². The molecule has 1 aliphatic heterocycles. The van der Waals surface area contributed by atoms with Crippen molar-refractivity contribution in [2.75, 3.05) is 18.4 Å². The zero-order valence-electron chi connectivity index (χ0n) is 17.1. The van der Waals surface area contributed by atoms with Gasteiger partial charge in [0.05, 0.1) is 35.2 Å². The van der Waals surface area contributed by atoms with E-state index in [1.807, 2.05) is 36.1 Å². The smallest absolute Gasteiger partial charge is 0.228 e. The van der Waals surface area contributed by atoms with Crippen LogP contribution in [0.4, 0.5) is 5.82 Å². The summed E-state index contributed by atoms with van der Waals surface area (Å²) in [6.07, 6.45) is 5.43. The van der Waals surface area contributed by atoms with Gasteiger partial charge in [-0.1, -0.05) is 23.7 Å². The van der Waals surface area contributed by atoms with Crippen LogP contribution in [0.15, 0.2) is 36.9 Å². The van der Waals surface area contributed by atoms with E-state index in [1.54, 1.807) is 6.33 Å². The van der Waals surface area contributed by atoms with Gasteiger partial charge in [0.15, 0.2) is 11.5 Å². The predicted molar refractivity (Wildman–Crippen MR) is 120 cm³/mol. The number of nitrogens with one attached hydrogen (secondary N) is 2. The predicted octanol–water partition coefficient (Wildman–Crippen LogP) is 3.89. The summed E-state index contributed by atoms with van der Waals surface area (Å²) in [4.78, 5) is 35.4. The van der Waals surface area contributed by atoms with E-state index in [1.165, 1.54) is 6.33 Å². The van der Waals surface area contributed by atoms with Crippen molar-refractivity contribution in [3.8, 4) is 0 Å². The molecule has 0 radical (unpaired) electrons. The Hall–Kier alpha value is -3.26. The van der Waals surface area contributed by atoms with E-state index in [4.69, 9.17) is 16.6 Å². The third-order valence-corrected chi connectivity index (χ3v) is 6.01. The molecular weight excluding hydrogens is 414 g/mol. The second kappa shape index (κ2) is 8.11. The lowest BCUT2D eigenvalue weighted by Crippen LogP contribution is -2.29. The molecule has 0 bridgehead atoms. The van der Waals surface area contributed by atoms with Gasteiger partial charge < -0.3 is 15.2 Å². The lowest BCUT2D eigenvalue weighted by molar-refractivity contribution is -0.129. The van der Waals surface area contributed by atoms with Crippen LogP contribution in [0, 0.1) is 0 Å². The molecule has 1 aliphatic rings. The highest BCUT2D eigenvalue weighted by molar-refractivity contribution is 6.35. The van der Waals surface area contributed by atoms with Crippen LogP contribution in [0.3, 0.4) is 0 Å². The van der Waals surface area contributed by atoms with Crippen molar-refractivity contribution in [3.05, 3.63) is 53.3 Å². The number of benzene rings is 1. The summed E-state index contributed by atoms with van der Waals surface area (Å²) < 4.78 is 0. The Morgan fingerprint density at radius 3 is 2.94 bits per heavy atom. The Morgan fingerprint density at radius 2 is 2.10 bits per heavy atom. The maximum absolute atomic E-state index is 12.9. The standard InChI is InChI=1S/C22H22ClN7O/c1-13(28-22-20-21(25-11-24-20)26-12-27-22)16-9-14-5-4-6-15(23)19(14)17(29-16)10-18(31)30-7-2-3-8-30/h4-6,9,11-13H,2-3,7-8,10H2,1H3,(H2,24,25,26,27,28)/t13-/m0/s1. The second-order valence-corrected chi connectivity index (χ2v) is 8.19. The molecule has 158 valence electrons. The normalized spacial score (nSPS) is 15.0. The van der Waals surface area contributed by atoms with Crippen molar-refractivity contribution in [3.63, 3.8) is 0 Å². The molecule has 1 aromatic carbocycles. The SMILES string of the molecule is C[C@H](Nc1ncnc2[nH]cnc12)c1cc2cccc(Cl)c2c(CC(=O)N2CCCC2)n1. The summed E-state index contributed by atoms with van der Waals surface area (Å²) in [5.74, 6) is 0.722. The number of hydrogen-bond acceptors (Lipinski definition) is 6. The number of fused-ring (bicyclic) bond motifs is 2. The largest absolute Gasteiger partial charge is 0.360 e. The van der Waals surface area contributed by atoms with E-state index in [0.29, 0.717) is 27.7 Å². The molecule has 8 nitrogen and oxygen atoms in total. The number of imidazole rings is 1. The number of pyridine rings is 1. The van der Waals surface area contributed by atoms with Crippen molar-refractivity contribution in [2.45, 2.75) is 32.2 Å². The number of aromatic amines is 1. The highest BCUT2D eigenvalue weighted by Gasteiger charge is 2.22. The van der Waals surface area contributed by atoms with Gasteiger partial charge in [-0.3, -0.25) is 9.78 Å². The number of amides is 1. The first-order valence-corrected chi connectivity index (χ1v) is 10.7. The molecule has 31 heavy (non-hydrogen) atoms. The zero-order valence-corrected chi connectivity index (χ0v) is 17.9. The number of anilines is 1. The van der Waals surface area contributed by atoms with E-state index < -0.39 is 0 Å². The van der Waals surface area contributed by atoms with Gasteiger partial charge in [0, 0.05) is 18.5 Å². The van der Waals surface area contributed by atoms with Crippen molar-refractivity contribution in [1.82, 2.24) is 29.8 Å². The van der Waals surface area contributed by atoms with Crippen LogP contribution in [0.1, 0.15) is 37.2 Å². The van der Waals surface area contributed by atoms with E-state index >= 15 is 0 Å². The molecule has 1 amide bonds. The highest BCUT2D eigenvalue weighted by atomic mass is 35.5. The number of nitrogens with zero attached hydrogens (tertiary/aromatic N) is 5. The molecule has 1 atom stereocenters. The third kappa shape index (κ3) is 3.79. The van der Waals surface area contributed by atoms with Crippen LogP contribution in [-0.2, 0) is 11.2 Å². The summed E-state index contributed by atoms with van der Waals surface area (Å²) in [5, 5.41) is 5.78. The molecule has 4 heterocycles. The van der Waals surface area contributed by atoms with Crippen LogP contribution in [0.5, 0.6) is 0 Å². The number of H-pyrrole nitrogens is 1. The fourth-order valence-electron chi connectivity index (χ4n) is 4.09. The van der Waals surface area contributed by atoms with Crippen LogP contribution < -0.4 is 5.32 Å². The Bertz CT molecular complexity index is 1270. The molecule has 1 fully saturated rings. The molecule has 2 N–H and O–H groups in total. The summed E-state index contributed by atoms with van der Waals surface area (Å²) in [5.41, 5.74) is 2.85. The number of carbonyl (C=O) groups is 1. The van der Waals surface area contributed by atoms with E-state index in [9.17, 15) is 4.79 Å². The van der Waals surface area contributed by atoms with Crippen LogP contribution in [-0.4, -0.2) is 48.8 Å². The molecule has 1 saturated heterocycles. The van der Waals surface area contributed by atoms with Gasteiger partial charge >= 0.3 is 0 Å². The van der Waals surface area contributed by atoms with Gasteiger partial charge in [-0.25, -0.2) is 15.0 Å². The fourth-order valence-corrected chi connectivity index (χ4v) is 4.38. The number of likely N-dealkylation sites (tertiary alicyclic amines) is 1. The van der Waals surface area contributed by atoms with E-state index in [2.05, 4.69) is 25.3 Å². The summed E-state index contributed by atoms with van der Waals surface area (Å²) in [7, 11) is 0. The van der Waals surface area contributed by atoms with Gasteiger partial charge in [0.25, 0.3) is 0 Å². The van der Waals surface area contributed by atoms with Crippen molar-refractivity contribution in [2.24, 2.45) is 0 Å². The first-order chi connectivity index (χ1) is 15.1. The van der Waals surface area contributed by atoms with Crippen molar-refractivity contribution < 1.29 is 4.79 Å². The fraction of sp³-hybridized carbons (Fsp3) is 0.318. The van der Waals surface area contributed by atoms with Crippen LogP contribution >= 0.6 is 11.6 Å². The molecule has 0 saturated carbocycles. The Morgan fingerprint density at radius 1 is 1.26 bits per heavy atom. The Balaban J connectivity index is 1.51. The van der Waals surface area contributed by atoms with Crippen LogP contribution in [0.2, 0.25) is 5.02 Å². The topological polar surface area (TPSA) is 99.7 Å². The number of hydrogen-bond donors (Lipinski definition) is 2. The van der Waals surface area contributed by atoms with Gasteiger partial charge in [0.2, 0.25) is 5.91 Å². The number of carbonyl (C=O) groups excluding carboxylic acids is 1. The van der Waals surface area contributed by atoms with Gasteiger partial charge in [-0.2, -0.15) is 0 Å². The van der Waals surface area contributed by atoms with Crippen molar-refractivity contribution in [1.29, 1.82) is 0 Å². The first-order valence-electron chi connectivity index (χ1n) is 10.4. The molecule has 9 heteroatoms. The molecule has 5 rings (SSSR count). The van der Waals surface area contributed by atoms with Gasteiger partial charge in [-0.15, -0.1) is 0 Å². The summed E-state index contributed by atoms with van der Waals surface area (Å²) in [6, 6.07) is 7.59. The quantitative estimate of drug-likeness (QED) is 0.493. The molecule has 0 aliphatic carbocycles. The summed E-state index contributed by atoms with van der Waals surface area (Å²) in [6.45, 7) is 3.64. The van der Waals surface area contributed by atoms with E-state index in [0.717, 1.165) is 42.4 Å². The Labute approximate surface area is 184 Å². The average Bonchev–Trinajstić information content (AvgIpc) is 3.46. The minimum Gasteiger partial charge on any atom is -0.360 e. The van der Waals surface area contributed by atoms with Crippen molar-refractivity contribution >= 4 is 45.3 Å². The van der Waals surface area contributed by atoms with Gasteiger partial charge in [-0.05, 0) is 37.3 Å². The minimum atomic E-state index is -0.168. The molecule has 0 unspecified atom stereocenters. The lowest BCUT2D eigenvalue weighted by atomic mass is 10.0. The first kappa shape index (κ1) is 19.7. The molecule has 0 spiro atoms. The monoisotopic (exact) mass is 435 g/mol. The third-order valence-electron chi connectivity index (χ3n) is 5.69. The lowest BCUT2D eigenvalue weighted by Gasteiger charge is -2.19. The second-order valence-electron chi connectivity index (χ2n) is 7.78. The Kier molecular flexibility index (Phi) is 5.15. The highest BCUT2D eigenvalue weighted by Crippen LogP contribution is 2.30. The molecular formula is C22H22ClN7O. The maximum Gasteiger partial charge on any atom is 0.228 e. The molecule has 4 aromatic rings. The minimum absolute atomic E-state index is 0.0954. The number of halogens is 1. The molecule has 3 aromatic heterocycles. The maximum atomic E-state index is 12.9. The average molecular weight is 436 g/mol. The van der Waals surface area contributed by atoms with Crippen LogP contribution in [0.25, 0.3) is 21.9 Å². The number of rotatable bonds is 5. The summed E-state index contributed by atoms with van der Waals surface area (Å²) >= 11 is 6.51. The van der Waals surface area contributed by atoms with Gasteiger partial charge in [0.1, 0.15) is 11.8 Å².